The summed E-state index contributed by atoms with van der Waals surface area (Å²) in [4.78, 5) is 55.4. The van der Waals surface area contributed by atoms with Gasteiger partial charge in [0.2, 0.25) is 6.41 Å². The Hall–Kier alpha value is -3.10. The summed E-state index contributed by atoms with van der Waals surface area (Å²) in [6.45, 7) is 10.5. The smallest absolute Gasteiger partial charge is 0.273 e. The molecule has 0 saturated carbocycles. The van der Waals surface area contributed by atoms with Gasteiger partial charge in [-0.25, -0.2) is 15.0 Å². The monoisotopic (exact) mass is 622 g/mol. The van der Waals surface area contributed by atoms with Crippen LogP contribution in [-0.2, 0) is 9.59 Å². The fourth-order valence-electron chi connectivity index (χ4n) is 5.31. The van der Waals surface area contributed by atoms with Gasteiger partial charge in [-0.15, -0.1) is 0 Å². The van der Waals surface area contributed by atoms with E-state index in [-0.39, 0.29) is 33.6 Å². The Labute approximate surface area is 256 Å². The average molecular weight is 624 g/mol. The Kier molecular flexibility index (Phi) is 13.1. The van der Waals surface area contributed by atoms with E-state index < -0.39 is 5.91 Å². The number of likely N-dealkylation sites (N-methyl/N-ethyl adjacent to an activating group) is 1. The minimum atomic E-state index is -0.517. The highest BCUT2D eigenvalue weighted by Crippen LogP contribution is 2.25. The predicted octanol–water partition coefficient (Wildman–Crippen LogP) is 0.907. The van der Waals surface area contributed by atoms with E-state index in [2.05, 4.69) is 54.4 Å². The normalized spacial score (nSPS) is 19.7. The number of halogens is 2. The van der Waals surface area contributed by atoms with E-state index in [0.29, 0.717) is 56.8 Å². The standard InChI is InChI=1S/C27H40Cl2N10O3/c1-4-18-15-37(16-22(29)35-23(25(32-3)34-17-40)26(41)33-10-9-31-2)13-14-39(18)19-7-11-38(12-8-19)27(42)20-5-6-21(28)36-24(20)30/h5-6,17-19,31H,3-4,7-16H2,1-2H3,(H2,30,36)(H,33,41)(H,34,40)/b25-23+,35-22?. The largest absolute Gasteiger partial charge is 0.383 e. The Balaban J connectivity index is 1.60. The van der Waals surface area contributed by atoms with E-state index in [4.69, 9.17) is 28.9 Å². The first kappa shape index (κ1) is 33.4. The molecule has 3 heterocycles. The van der Waals surface area contributed by atoms with Crippen molar-refractivity contribution in [2.45, 2.75) is 38.3 Å². The van der Waals surface area contributed by atoms with E-state index in [9.17, 15) is 14.4 Å². The number of pyridine rings is 1. The summed E-state index contributed by atoms with van der Waals surface area (Å²) in [6.07, 6.45) is 3.08. The molecule has 2 saturated heterocycles. The van der Waals surface area contributed by atoms with Crippen molar-refractivity contribution in [1.29, 1.82) is 0 Å². The summed E-state index contributed by atoms with van der Waals surface area (Å²) >= 11 is 12.4. The summed E-state index contributed by atoms with van der Waals surface area (Å²) in [5, 5.41) is 8.49. The number of hydrogen-bond donors (Lipinski definition) is 4. The van der Waals surface area contributed by atoms with Gasteiger partial charge in [-0.2, -0.15) is 0 Å². The molecule has 3 rings (SSSR count). The van der Waals surface area contributed by atoms with Crippen LogP contribution in [0.3, 0.4) is 0 Å². The minimum Gasteiger partial charge on any atom is -0.383 e. The van der Waals surface area contributed by atoms with Gasteiger partial charge in [-0.3, -0.25) is 24.2 Å². The molecule has 2 aliphatic rings. The molecule has 230 valence electrons. The first-order chi connectivity index (χ1) is 20.2. The second kappa shape index (κ2) is 16.5. The Morgan fingerprint density at radius 3 is 2.57 bits per heavy atom. The summed E-state index contributed by atoms with van der Waals surface area (Å²) in [5.41, 5.74) is 6.20. The molecule has 1 atom stereocenters. The second-order valence-electron chi connectivity index (χ2n) is 10.1. The lowest BCUT2D eigenvalue weighted by Gasteiger charge is -2.47. The lowest BCUT2D eigenvalue weighted by molar-refractivity contribution is -0.117. The van der Waals surface area contributed by atoms with Crippen molar-refractivity contribution in [2.75, 3.05) is 65.1 Å². The number of piperazine rings is 1. The number of nitrogen functional groups attached to an aromatic ring is 1. The number of nitrogens with two attached hydrogens (primary N) is 1. The number of nitrogens with one attached hydrogen (secondary N) is 3. The van der Waals surface area contributed by atoms with E-state index in [1.807, 2.05) is 4.90 Å². The summed E-state index contributed by atoms with van der Waals surface area (Å²) in [5.74, 6) is -0.561. The second-order valence-corrected chi connectivity index (χ2v) is 10.9. The molecule has 0 bridgehead atoms. The number of anilines is 1. The van der Waals surface area contributed by atoms with E-state index in [1.54, 1.807) is 19.2 Å². The van der Waals surface area contributed by atoms with E-state index in [0.717, 1.165) is 38.9 Å². The SMILES string of the molecule is C=N/C(NC=O)=C(\N=C(Cl)CN1CCN(C2CCN(C(=O)c3ccc(Cl)nc3N)CC2)C(CC)C1)C(=O)NCCNC. The van der Waals surface area contributed by atoms with E-state index >= 15 is 0 Å². The van der Waals surface area contributed by atoms with Gasteiger partial charge >= 0.3 is 0 Å². The number of nitrogens with zero attached hydrogens (tertiary/aromatic N) is 6. The van der Waals surface area contributed by atoms with Crippen LogP contribution in [0.5, 0.6) is 0 Å². The van der Waals surface area contributed by atoms with Gasteiger partial charge in [0.15, 0.2) is 11.5 Å². The topological polar surface area (TPSA) is 161 Å². The number of amides is 3. The number of likely N-dealkylation sites (tertiary alicyclic amines) is 1. The molecule has 1 aromatic rings. The van der Waals surface area contributed by atoms with Gasteiger partial charge in [-0.1, -0.05) is 30.1 Å². The molecule has 2 fully saturated rings. The number of hydrogen-bond acceptors (Lipinski definition) is 10. The average Bonchev–Trinajstić information content (AvgIpc) is 2.98. The Morgan fingerprint density at radius 2 is 1.95 bits per heavy atom. The molecular formula is C27H40Cl2N10O3. The molecule has 13 nitrogen and oxygen atoms in total. The van der Waals surface area contributed by atoms with Gasteiger partial charge in [0.05, 0.1) is 12.1 Å². The van der Waals surface area contributed by atoms with Gasteiger partial charge in [0.25, 0.3) is 11.8 Å². The molecule has 5 N–H and O–H groups in total. The molecular weight excluding hydrogens is 583 g/mol. The fourth-order valence-corrected chi connectivity index (χ4v) is 5.71. The zero-order valence-corrected chi connectivity index (χ0v) is 25.6. The first-order valence-corrected chi connectivity index (χ1v) is 14.7. The van der Waals surface area contributed by atoms with Crippen LogP contribution in [0, 0.1) is 0 Å². The lowest BCUT2D eigenvalue weighted by Crippen LogP contribution is -2.59. The molecule has 42 heavy (non-hydrogen) atoms. The third kappa shape index (κ3) is 8.95. The highest BCUT2D eigenvalue weighted by molar-refractivity contribution is 6.66. The molecule has 3 amide bonds. The van der Waals surface area contributed by atoms with Crippen molar-refractivity contribution in [3.63, 3.8) is 0 Å². The summed E-state index contributed by atoms with van der Waals surface area (Å²) in [6, 6.07) is 3.86. The third-order valence-electron chi connectivity index (χ3n) is 7.47. The van der Waals surface area contributed by atoms with Crippen LogP contribution in [-0.4, -0.2) is 121 Å². The van der Waals surface area contributed by atoms with Crippen LogP contribution < -0.4 is 21.7 Å². The van der Waals surface area contributed by atoms with Crippen molar-refractivity contribution in [3.05, 3.63) is 34.4 Å². The van der Waals surface area contributed by atoms with Crippen molar-refractivity contribution in [1.82, 2.24) is 35.6 Å². The number of rotatable bonds is 13. The van der Waals surface area contributed by atoms with Crippen molar-refractivity contribution < 1.29 is 14.4 Å². The van der Waals surface area contributed by atoms with Crippen LogP contribution in [0.15, 0.2) is 33.6 Å². The molecule has 2 aliphatic heterocycles. The zero-order valence-electron chi connectivity index (χ0n) is 24.1. The van der Waals surface area contributed by atoms with Gasteiger partial charge < -0.3 is 26.6 Å². The third-order valence-corrected chi connectivity index (χ3v) is 7.88. The highest BCUT2D eigenvalue weighted by atomic mass is 35.5. The molecule has 0 aliphatic carbocycles. The number of aromatic nitrogens is 1. The molecule has 15 heteroatoms. The quantitative estimate of drug-likeness (QED) is 0.0830. The van der Waals surface area contributed by atoms with Crippen molar-refractivity contribution >= 4 is 59.1 Å². The molecule has 0 radical (unpaired) electrons. The van der Waals surface area contributed by atoms with Gasteiger partial charge in [0.1, 0.15) is 16.1 Å². The zero-order chi connectivity index (χ0) is 30.6. The lowest BCUT2D eigenvalue weighted by atomic mass is 9.97. The maximum absolute atomic E-state index is 13.0. The van der Waals surface area contributed by atoms with Crippen molar-refractivity contribution in [3.8, 4) is 0 Å². The maximum Gasteiger partial charge on any atom is 0.273 e. The fraction of sp³-hybridized carbons (Fsp3) is 0.556. The molecule has 0 spiro atoms. The number of carbonyl (C=O) groups excluding carboxylic acids is 3. The summed E-state index contributed by atoms with van der Waals surface area (Å²) < 4.78 is 0. The van der Waals surface area contributed by atoms with Crippen LogP contribution in [0.25, 0.3) is 0 Å². The van der Waals surface area contributed by atoms with Crippen LogP contribution >= 0.6 is 23.2 Å². The summed E-state index contributed by atoms with van der Waals surface area (Å²) in [7, 11) is 1.77. The number of carbonyl (C=O) groups is 3. The maximum atomic E-state index is 13.0. The number of piperidine rings is 1. The van der Waals surface area contributed by atoms with Crippen LogP contribution in [0.1, 0.15) is 36.5 Å². The molecule has 1 unspecified atom stereocenters. The van der Waals surface area contributed by atoms with Crippen molar-refractivity contribution in [2.24, 2.45) is 9.98 Å². The number of aliphatic imine (C=N–C) groups is 2. The Bertz CT molecular complexity index is 1190. The minimum absolute atomic E-state index is 0.0683. The molecule has 0 aromatic carbocycles. The highest BCUT2D eigenvalue weighted by Gasteiger charge is 2.34. The first-order valence-electron chi connectivity index (χ1n) is 14.0. The predicted molar refractivity (Wildman–Crippen MR) is 166 cm³/mol. The van der Waals surface area contributed by atoms with Crippen LogP contribution in [0.2, 0.25) is 5.15 Å². The van der Waals surface area contributed by atoms with Gasteiger partial charge in [0, 0.05) is 57.9 Å². The molecule has 1 aromatic heterocycles. The van der Waals surface area contributed by atoms with Gasteiger partial charge in [-0.05, 0) is 45.2 Å². The Morgan fingerprint density at radius 1 is 1.21 bits per heavy atom. The van der Waals surface area contributed by atoms with Crippen LogP contribution in [0.4, 0.5) is 5.82 Å². The van der Waals surface area contributed by atoms with E-state index in [1.165, 1.54) is 0 Å².